The number of rotatable bonds is 5. The minimum atomic E-state index is -0.623. The molecule has 0 aromatic heterocycles. The molecule has 2 atom stereocenters. The van der Waals surface area contributed by atoms with Gasteiger partial charge in [-0.05, 0) is 53.7 Å². The van der Waals surface area contributed by atoms with Crippen molar-refractivity contribution in [2.45, 2.75) is 45.1 Å². The maximum atomic E-state index is 13.0. The quantitative estimate of drug-likeness (QED) is 0.722. The molecule has 146 valence electrons. The predicted molar refractivity (Wildman–Crippen MR) is 107 cm³/mol. The van der Waals surface area contributed by atoms with Crippen LogP contribution >= 0.6 is 15.9 Å². The first kappa shape index (κ1) is 19.9. The number of carbonyl (C=O) groups excluding carboxylic acids is 3. The van der Waals surface area contributed by atoms with Crippen molar-refractivity contribution in [2.75, 3.05) is 24.5 Å². The Hall–Kier alpha value is -1.89. The first-order chi connectivity index (χ1) is 13.0. The summed E-state index contributed by atoms with van der Waals surface area (Å²) in [5.74, 6) is -0.830. The highest BCUT2D eigenvalue weighted by atomic mass is 79.9. The molecule has 3 amide bonds. The average Bonchev–Trinajstić information content (AvgIpc) is 3.03. The summed E-state index contributed by atoms with van der Waals surface area (Å²) in [6.07, 6.45) is 3.57. The number of hydrogen-bond donors (Lipinski definition) is 1. The Bertz CT molecular complexity index is 724. The molecule has 2 aliphatic rings. The SMILES string of the molecule is CCCC(=O)NC1CCCN(C(=O)C2CCN(c3ccccc3Br)C2=O)C1. The molecule has 1 aromatic carbocycles. The monoisotopic (exact) mass is 435 g/mol. The van der Waals surface area contributed by atoms with Gasteiger partial charge in [0.2, 0.25) is 17.7 Å². The fraction of sp³-hybridized carbons (Fsp3) is 0.550. The minimum absolute atomic E-state index is 0.0161. The van der Waals surface area contributed by atoms with Crippen LogP contribution in [0.4, 0.5) is 5.69 Å². The third-order valence-corrected chi connectivity index (χ3v) is 5.89. The van der Waals surface area contributed by atoms with Crippen LogP contribution in [0, 0.1) is 5.92 Å². The standard InChI is InChI=1S/C20H26BrN3O3/c1-2-6-18(25)22-14-7-5-11-23(13-14)19(26)15-10-12-24(20(15)27)17-9-4-3-8-16(17)21/h3-4,8-9,14-15H,2,5-7,10-13H2,1H3,(H,22,25). The lowest BCUT2D eigenvalue weighted by atomic mass is 10.0. The van der Waals surface area contributed by atoms with Gasteiger partial charge in [-0.2, -0.15) is 0 Å². The van der Waals surface area contributed by atoms with Gasteiger partial charge >= 0.3 is 0 Å². The number of benzene rings is 1. The fourth-order valence-electron chi connectivity index (χ4n) is 3.86. The van der Waals surface area contributed by atoms with Gasteiger partial charge in [-0.1, -0.05) is 19.1 Å². The van der Waals surface area contributed by atoms with E-state index in [1.54, 1.807) is 9.80 Å². The maximum absolute atomic E-state index is 13.0. The van der Waals surface area contributed by atoms with Crippen LogP contribution in [-0.2, 0) is 14.4 Å². The van der Waals surface area contributed by atoms with Gasteiger partial charge in [0.05, 0.1) is 5.69 Å². The molecule has 2 unspecified atom stereocenters. The van der Waals surface area contributed by atoms with Crippen molar-refractivity contribution < 1.29 is 14.4 Å². The third kappa shape index (κ3) is 4.51. The molecule has 0 radical (unpaired) electrons. The fourth-order valence-corrected chi connectivity index (χ4v) is 4.36. The van der Waals surface area contributed by atoms with E-state index in [-0.39, 0.29) is 23.8 Å². The zero-order valence-corrected chi connectivity index (χ0v) is 17.2. The van der Waals surface area contributed by atoms with Crippen LogP contribution in [0.5, 0.6) is 0 Å². The highest BCUT2D eigenvalue weighted by Gasteiger charge is 2.41. The second kappa shape index (κ2) is 8.87. The minimum Gasteiger partial charge on any atom is -0.352 e. The zero-order valence-electron chi connectivity index (χ0n) is 15.6. The van der Waals surface area contributed by atoms with Gasteiger partial charge < -0.3 is 15.1 Å². The Balaban J connectivity index is 1.63. The predicted octanol–water partition coefficient (Wildman–Crippen LogP) is 2.71. The molecule has 1 N–H and O–H groups in total. The molecular formula is C20H26BrN3O3. The van der Waals surface area contributed by atoms with Crippen molar-refractivity contribution in [1.29, 1.82) is 0 Å². The summed E-state index contributed by atoms with van der Waals surface area (Å²) in [6, 6.07) is 7.55. The zero-order chi connectivity index (χ0) is 19.4. The number of halogens is 1. The van der Waals surface area contributed by atoms with E-state index in [1.165, 1.54) is 0 Å². The van der Waals surface area contributed by atoms with Gasteiger partial charge in [0.1, 0.15) is 5.92 Å². The van der Waals surface area contributed by atoms with Crippen LogP contribution in [0.2, 0.25) is 0 Å². The van der Waals surface area contributed by atoms with E-state index in [4.69, 9.17) is 0 Å². The van der Waals surface area contributed by atoms with Gasteiger partial charge in [-0.25, -0.2) is 0 Å². The highest BCUT2D eigenvalue weighted by Crippen LogP contribution is 2.32. The van der Waals surface area contributed by atoms with Gasteiger partial charge in [0.25, 0.3) is 0 Å². The summed E-state index contributed by atoms with van der Waals surface area (Å²) in [5, 5.41) is 3.01. The summed E-state index contributed by atoms with van der Waals surface area (Å²) in [6.45, 7) is 3.66. The Morgan fingerprint density at radius 1 is 1.22 bits per heavy atom. The van der Waals surface area contributed by atoms with Gasteiger partial charge in [-0.3, -0.25) is 14.4 Å². The van der Waals surface area contributed by atoms with Gasteiger partial charge in [0, 0.05) is 36.6 Å². The smallest absolute Gasteiger partial charge is 0.239 e. The number of nitrogens with zero attached hydrogens (tertiary/aromatic N) is 2. The van der Waals surface area contributed by atoms with E-state index in [2.05, 4.69) is 21.2 Å². The van der Waals surface area contributed by atoms with E-state index in [9.17, 15) is 14.4 Å². The molecule has 0 spiro atoms. The second-order valence-electron chi connectivity index (χ2n) is 7.22. The normalized spacial score (nSPS) is 22.8. The molecule has 2 fully saturated rings. The molecule has 27 heavy (non-hydrogen) atoms. The Kier molecular flexibility index (Phi) is 6.52. The molecular weight excluding hydrogens is 410 g/mol. The van der Waals surface area contributed by atoms with Crippen LogP contribution < -0.4 is 10.2 Å². The van der Waals surface area contributed by atoms with E-state index in [0.717, 1.165) is 29.4 Å². The Morgan fingerprint density at radius 3 is 2.74 bits per heavy atom. The number of carbonyl (C=O) groups is 3. The van der Waals surface area contributed by atoms with E-state index < -0.39 is 5.92 Å². The van der Waals surface area contributed by atoms with Crippen LogP contribution in [0.25, 0.3) is 0 Å². The number of para-hydroxylation sites is 1. The molecule has 0 bridgehead atoms. The topological polar surface area (TPSA) is 69.7 Å². The Morgan fingerprint density at radius 2 is 2.00 bits per heavy atom. The first-order valence-electron chi connectivity index (χ1n) is 9.65. The summed E-state index contributed by atoms with van der Waals surface area (Å²) in [5.41, 5.74) is 0.807. The van der Waals surface area contributed by atoms with Crippen molar-refractivity contribution in [3.63, 3.8) is 0 Å². The lowest BCUT2D eigenvalue weighted by molar-refractivity contribution is -0.141. The van der Waals surface area contributed by atoms with Crippen LogP contribution in [0.1, 0.15) is 39.0 Å². The molecule has 6 nitrogen and oxygen atoms in total. The van der Waals surface area contributed by atoms with Crippen molar-refractivity contribution in [3.05, 3.63) is 28.7 Å². The Labute approximate surface area is 168 Å². The van der Waals surface area contributed by atoms with E-state index in [0.29, 0.717) is 32.5 Å². The molecule has 2 aliphatic heterocycles. The molecule has 0 aliphatic carbocycles. The van der Waals surface area contributed by atoms with Gasteiger partial charge in [0.15, 0.2) is 0 Å². The largest absolute Gasteiger partial charge is 0.352 e. The number of likely N-dealkylation sites (tertiary alicyclic amines) is 1. The van der Waals surface area contributed by atoms with Crippen LogP contribution in [-0.4, -0.2) is 48.3 Å². The third-order valence-electron chi connectivity index (χ3n) is 5.22. The second-order valence-corrected chi connectivity index (χ2v) is 8.08. The van der Waals surface area contributed by atoms with Crippen molar-refractivity contribution >= 4 is 39.3 Å². The lowest BCUT2D eigenvalue weighted by Gasteiger charge is -2.34. The molecule has 3 rings (SSSR count). The van der Waals surface area contributed by atoms with E-state index >= 15 is 0 Å². The number of anilines is 1. The van der Waals surface area contributed by atoms with Crippen LogP contribution in [0.3, 0.4) is 0 Å². The summed E-state index contributed by atoms with van der Waals surface area (Å²) in [4.78, 5) is 41.2. The molecule has 1 aromatic rings. The average molecular weight is 436 g/mol. The molecule has 2 saturated heterocycles. The number of amides is 3. The van der Waals surface area contributed by atoms with E-state index in [1.807, 2.05) is 31.2 Å². The van der Waals surface area contributed by atoms with Crippen LogP contribution in [0.15, 0.2) is 28.7 Å². The summed E-state index contributed by atoms with van der Waals surface area (Å²) >= 11 is 3.48. The van der Waals surface area contributed by atoms with Crippen molar-refractivity contribution in [3.8, 4) is 0 Å². The summed E-state index contributed by atoms with van der Waals surface area (Å²) in [7, 11) is 0. The number of nitrogens with one attached hydrogen (secondary N) is 1. The van der Waals surface area contributed by atoms with Gasteiger partial charge in [-0.15, -0.1) is 0 Å². The number of hydrogen-bond acceptors (Lipinski definition) is 3. The summed E-state index contributed by atoms with van der Waals surface area (Å²) < 4.78 is 0.850. The molecule has 2 heterocycles. The van der Waals surface area contributed by atoms with Crippen molar-refractivity contribution in [1.82, 2.24) is 10.2 Å². The number of piperidine rings is 1. The lowest BCUT2D eigenvalue weighted by Crippen LogP contribution is -2.51. The molecule has 0 saturated carbocycles. The maximum Gasteiger partial charge on any atom is 0.239 e. The first-order valence-corrected chi connectivity index (χ1v) is 10.4. The molecule has 7 heteroatoms. The van der Waals surface area contributed by atoms with Crippen molar-refractivity contribution in [2.24, 2.45) is 5.92 Å². The highest BCUT2D eigenvalue weighted by molar-refractivity contribution is 9.10.